The summed E-state index contributed by atoms with van der Waals surface area (Å²) in [6.45, 7) is 8.50. The quantitative estimate of drug-likeness (QED) is 0.868. The van der Waals surface area contributed by atoms with Crippen LogP contribution in [0.1, 0.15) is 58.4 Å². The van der Waals surface area contributed by atoms with Crippen molar-refractivity contribution in [2.45, 2.75) is 58.4 Å². The number of hydrogen-bond donors (Lipinski definition) is 1. The highest BCUT2D eigenvalue weighted by Crippen LogP contribution is 2.62. The lowest BCUT2D eigenvalue weighted by molar-refractivity contribution is -0.108. The van der Waals surface area contributed by atoms with Crippen molar-refractivity contribution in [3.63, 3.8) is 0 Å². The molecule has 1 aromatic carbocycles. The van der Waals surface area contributed by atoms with E-state index in [9.17, 15) is 4.79 Å². The van der Waals surface area contributed by atoms with Gasteiger partial charge in [0.25, 0.3) is 0 Å². The molecule has 2 bridgehead atoms. The molecular weight excluding hydrogens is 334 g/mol. The maximum Gasteiger partial charge on any atom is 0.326 e. The molecule has 4 fully saturated rings. The van der Waals surface area contributed by atoms with E-state index in [-0.39, 0.29) is 5.69 Å². The molecule has 0 radical (unpaired) electrons. The molecule has 0 spiro atoms. The molecule has 4 heteroatoms. The van der Waals surface area contributed by atoms with Gasteiger partial charge in [-0.25, -0.2) is 4.79 Å². The molecule has 1 aliphatic heterocycles. The molecule has 1 N–H and O–H groups in total. The molecule has 27 heavy (non-hydrogen) atoms. The van der Waals surface area contributed by atoms with E-state index in [2.05, 4.69) is 29.8 Å². The molecule has 146 valence electrons. The van der Waals surface area contributed by atoms with Crippen molar-refractivity contribution in [1.29, 1.82) is 0 Å². The number of H-pyrrole nitrogens is 1. The Hall–Kier alpha value is -1.55. The summed E-state index contributed by atoms with van der Waals surface area (Å²) >= 11 is 0. The fourth-order valence-electron chi connectivity index (χ4n) is 6.49. The number of aromatic nitrogens is 2. The highest BCUT2D eigenvalue weighted by molar-refractivity contribution is 5.75. The van der Waals surface area contributed by atoms with Gasteiger partial charge in [0.2, 0.25) is 0 Å². The van der Waals surface area contributed by atoms with Crippen molar-refractivity contribution in [2.24, 2.45) is 23.2 Å². The Morgan fingerprint density at radius 1 is 1.11 bits per heavy atom. The standard InChI is InChI=1S/C23H33N3O/c1-23(2)17-8-7-16(19(23)15-17)9-12-25-13-10-18(11-14-25)26-21-6-4-3-5-20(21)24-22(26)27/h3-6,16-19H,7-15H2,1-2H3,(H,24,27). The van der Waals surface area contributed by atoms with Gasteiger partial charge >= 0.3 is 5.69 Å². The first-order valence-corrected chi connectivity index (χ1v) is 11.0. The number of nitrogens with zero attached hydrogens (tertiary/aromatic N) is 2. The average molecular weight is 368 g/mol. The SMILES string of the molecule is CC1(C)C2CCC(CCN3CCC(n4c(=O)[nH]c5ccccc54)CC3)C1C2. The van der Waals surface area contributed by atoms with Gasteiger partial charge in [-0.15, -0.1) is 0 Å². The minimum Gasteiger partial charge on any atom is -0.306 e. The summed E-state index contributed by atoms with van der Waals surface area (Å²) in [5.41, 5.74) is 2.68. The Morgan fingerprint density at radius 3 is 2.63 bits per heavy atom. The lowest BCUT2D eigenvalue weighted by atomic mass is 9.45. The van der Waals surface area contributed by atoms with Gasteiger partial charge < -0.3 is 9.88 Å². The number of para-hydroxylation sites is 2. The predicted octanol–water partition coefficient (Wildman–Crippen LogP) is 4.43. The van der Waals surface area contributed by atoms with Gasteiger partial charge in [0, 0.05) is 19.1 Å². The van der Waals surface area contributed by atoms with Crippen LogP contribution in [0.4, 0.5) is 0 Å². The van der Waals surface area contributed by atoms with Crippen molar-refractivity contribution >= 4 is 11.0 Å². The van der Waals surface area contributed by atoms with Crippen molar-refractivity contribution in [3.05, 3.63) is 34.7 Å². The Morgan fingerprint density at radius 2 is 1.89 bits per heavy atom. The molecule has 3 unspecified atom stereocenters. The second-order valence-corrected chi connectivity index (χ2v) is 9.88. The van der Waals surface area contributed by atoms with E-state index in [1.807, 2.05) is 22.8 Å². The number of imidazole rings is 1. The van der Waals surface area contributed by atoms with Gasteiger partial charge in [0.15, 0.2) is 0 Å². The van der Waals surface area contributed by atoms with Gasteiger partial charge in [-0.05, 0) is 80.4 Å². The summed E-state index contributed by atoms with van der Waals surface area (Å²) in [5.74, 6) is 2.92. The molecule has 2 heterocycles. The van der Waals surface area contributed by atoms with E-state index < -0.39 is 0 Å². The van der Waals surface area contributed by atoms with Gasteiger partial charge in [0.05, 0.1) is 11.0 Å². The van der Waals surface area contributed by atoms with Crippen LogP contribution >= 0.6 is 0 Å². The summed E-state index contributed by atoms with van der Waals surface area (Å²) in [7, 11) is 0. The van der Waals surface area contributed by atoms with Crippen molar-refractivity contribution in [3.8, 4) is 0 Å². The number of benzene rings is 1. The molecule has 3 atom stereocenters. The number of piperidine rings is 1. The van der Waals surface area contributed by atoms with Gasteiger partial charge in [-0.3, -0.25) is 4.57 Å². The van der Waals surface area contributed by atoms with E-state index in [1.165, 1.54) is 32.2 Å². The third kappa shape index (κ3) is 2.88. The lowest BCUT2D eigenvalue weighted by Gasteiger charge is -2.60. The highest BCUT2D eigenvalue weighted by atomic mass is 16.1. The van der Waals surface area contributed by atoms with Crippen LogP contribution in [0.5, 0.6) is 0 Å². The van der Waals surface area contributed by atoms with Crippen LogP contribution in [0.3, 0.4) is 0 Å². The summed E-state index contributed by atoms with van der Waals surface area (Å²) in [6.07, 6.45) is 7.95. The first-order chi connectivity index (χ1) is 13.0. The number of likely N-dealkylation sites (tertiary alicyclic amines) is 1. The minimum absolute atomic E-state index is 0.0543. The van der Waals surface area contributed by atoms with Crippen molar-refractivity contribution < 1.29 is 0 Å². The molecule has 2 aromatic rings. The molecule has 0 amide bonds. The number of rotatable bonds is 4. The Labute approximate surface area is 161 Å². The number of hydrogen-bond acceptors (Lipinski definition) is 2. The average Bonchev–Trinajstić information content (AvgIpc) is 3.02. The largest absolute Gasteiger partial charge is 0.326 e. The summed E-state index contributed by atoms with van der Waals surface area (Å²) in [6, 6.07) is 8.42. The van der Waals surface area contributed by atoms with Crippen LogP contribution in [0, 0.1) is 23.2 Å². The number of fused-ring (bicyclic) bond motifs is 3. The second-order valence-electron chi connectivity index (χ2n) is 9.88. The first-order valence-electron chi connectivity index (χ1n) is 11.0. The van der Waals surface area contributed by atoms with Crippen LogP contribution in [-0.2, 0) is 0 Å². The maximum absolute atomic E-state index is 12.4. The third-order valence-corrected chi connectivity index (χ3v) is 8.36. The zero-order valence-electron chi connectivity index (χ0n) is 16.8. The number of aromatic amines is 1. The summed E-state index contributed by atoms with van der Waals surface area (Å²) < 4.78 is 2.00. The molecule has 4 nitrogen and oxygen atoms in total. The van der Waals surface area contributed by atoms with E-state index >= 15 is 0 Å². The summed E-state index contributed by atoms with van der Waals surface area (Å²) in [5, 5.41) is 0. The van der Waals surface area contributed by atoms with Gasteiger partial charge in [0.1, 0.15) is 0 Å². The monoisotopic (exact) mass is 367 g/mol. The zero-order valence-corrected chi connectivity index (χ0v) is 16.8. The smallest absolute Gasteiger partial charge is 0.306 e. The predicted molar refractivity (Wildman–Crippen MR) is 110 cm³/mol. The fourth-order valence-corrected chi connectivity index (χ4v) is 6.49. The van der Waals surface area contributed by atoms with Crippen LogP contribution in [0.2, 0.25) is 0 Å². The van der Waals surface area contributed by atoms with Crippen LogP contribution in [-0.4, -0.2) is 34.1 Å². The molecule has 4 aliphatic rings. The Balaban J connectivity index is 1.19. The maximum atomic E-state index is 12.4. The normalized spacial score (nSPS) is 31.1. The molecule has 1 aromatic heterocycles. The van der Waals surface area contributed by atoms with Crippen LogP contribution in [0.15, 0.2) is 29.1 Å². The van der Waals surface area contributed by atoms with E-state index in [0.29, 0.717) is 11.5 Å². The minimum atomic E-state index is 0.0543. The first kappa shape index (κ1) is 17.5. The topological polar surface area (TPSA) is 41.0 Å². The van der Waals surface area contributed by atoms with Gasteiger partial charge in [-0.2, -0.15) is 0 Å². The molecular formula is C23H33N3O. The Bertz CT molecular complexity index is 869. The highest BCUT2D eigenvalue weighted by Gasteiger charge is 2.53. The van der Waals surface area contributed by atoms with Gasteiger partial charge in [-0.1, -0.05) is 26.0 Å². The van der Waals surface area contributed by atoms with Crippen molar-refractivity contribution in [1.82, 2.24) is 14.5 Å². The van der Waals surface area contributed by atoms with Crippen molar-refractivity contribution in [2.75, 3.05) is 19.6 Å². The second kappa shape index (κ2) is 6.51. The van der Waals surface area contributed by atoms with Crippen LogP contribution in [0.25, 0.3) is 11.0 Å². The van der Waals surface area contributed by atoms with E-state index in [0.717, 1.165) is 54.7 Å². The third-order valence-electron chi connectivity index (χ3n) is 8.36. The fraction of sp³-hybridized carbons (Fsp3) is 0.696. The lowest BCUT2D eigenvalue weighted by Crippen LogP contribution is -2.52. The number of nitrogens with one attached hydrogen (secondary N) is 1. The molecule has 3 saturated carbocycles. The molecule has 1 saturated heterocycles. The Kier molecular flexibility index (Phi) is 4.23. The zero-order chi connectivity index (χ0) is 18.6. The van der Waals surface area contributed by atoms with E-state index in [1.54, 1.807) is 0 Å². The van der Waals surface area contributed by atoms with Crippen LogP contribution < -0.4 is 5.69 Å². The van der Waals surface area contributed by atoms with E-state index in [4.69, 9.17) is 0 Å². The summed E-state index contributed by atoms with van der Waals surface area (Å²) in [4.78, 5) is 18.1. The molecule has 6 rings (SSSR count). The molecule has 3 aliphatic carbocycles.